The Balaban J connectivity index is 1.81. The molecule has 0 saturated heterocycles. The topological polar surface area (TPSA) is 79.1 Å². The Morgan fingerprint density at radius 2 is 1.96 bits per heavy atom. The quantitative estimate of drug-likeness (QED) is 0.483. The lowest BCUT2D eigenvalue weighted by atomic mass is 10.2. The van der Waals surface area contributed by atoms with Gasteiger partial charge in [-0.05, 0) is 42.8 Å². The fraction of sp³-hybridized carbons (Fsp3) is 0.190. The van der Waals surface area contributed by atoms with E-state index in [1.807, 2.05) is 19.1 Å². The van der Waals surface area contributed by atoms with Crippen molar-refractivity contribution >= 4 is 17.7 Å². The van der Waals surface area contributed by atoms with Gasteiger partial charge in [-0.15, -0.1) is 0 Å². The molecular formula is C21H20N2O5. The second kappa shape index (κ2) is 8.39. The number of hydrogen-bond donors (Lipinski definition) is 0. The van der Waals surface area contributed by atoms with E-state index in [0.29, 0.717) is 22.8 Å². The van der Waals surface area contributed by atoms with Gasteiger partial charge in [0.05, 0.1) is 19.9 Å². The summed E-state index contributed by atoms with van der Waals surface area (Å²) in [6, 6.07) is 12.2. The van der Waals surface area contributed by atoms with Crippen molar-refractivity contribution in [3.63, 3.8) is 0 Å². The van der Waals surface area contributed by atoms with Crippen LogP contribution in [-0.2, 0) is 16.1 Å². The largest absolute Gasteiger partial charge is 0.493 e. The maximum Gasteiger partial charge on any atom is 0.330 e. The van der Waals surface area contributed by atoms with E-state index in [1.54, 1.807) is 34.7 Å². The third kappa shape index (κ3) is 4.20. The molecule has 2 aromatic heterocycles. The fourth-order valence-electron chi connectivity index (χ4n) is 2.73. The zero-order valence-electron chi connectivity index (χ0n) is 15.8. The van der Waals surface area contributed by atoms with Crippen LogP contribution in [0.25, 0.3) is 11.7 Å². The molecule has 0 amide bonds. The number of rotatable bonds is 6. The van der Waals surface area contributed by atoms with E-state index in [1.165, 1.54) is 26.4 Å². The molecule has 1 aromatic carbocycles. The summed E-state index contributed by atoms with van der Waals surface area (Å²) in [5.74, 6) is 0.563. The SMILES string of the molecule is COC(=O)/C=C/c1ccc(OCc2cc(=O)n3c(C)cccc3n2)c(OC)c1. The number of aryl methyl sites for hydroxylation is 1. The molecule has 0 fully saturated rings. The second-order valence-electron chi connectivity index (χ2n) is 6.00. The van der Waals surface area contributed by atoms with Gasteiger partial charge in [-0.1, -0.05) is 12.1 Å². The Kier molecular flexibility index (Phi) is 5.74. The maximum atomic E-state index is 12.3. The highest BCUT2D eigenvalue weighted by molar-refractivity contribution is 5.87. The average Bonchev–Trinajstić information content (AvgIpc) is 2.70. The lowest BCUT2D eigenvalue weighted by Gasteiger charge is -2.12. The van der Waals surface area contributed by atoms with Gasteiger partial charge in [-0.3, -0.25) is 9.20 Å². The number of fused-ring (bicyclic) bond motifs is 1. The van der Waals surface area contributed by atoms with Crippen LogP contribution in [0.15, 0.2) is 53.3 Å². The highest BCUT2D eigenvalue weighted by Crippen LogP contribution is 2.29. The molecule has 0 spiro atoms. The first kappa shape index (κ1) is 19.2. The molecule has 0 saturated carbocycles. The molecule has 0 bridgehead atoms. The minimum atomic E-state index is -0.441. The van der Waals surface area contributed by atoms with E-state index < -0.39 is 5.97 Å². The number of benzene rings is 1. The number of methoxy groups -OCH3 is 2. The number of aromatic nitrogens is 2. The minimum absolute atomic E-state index is 0.118. The minimum Gasteiger partial charge on any atom is -0.493 e. The summed E-state index contributed by atoms with van der Waals surface area (Å²) in [5, 5.41) is 0. The van der Waals surface area contributed by atoms with Gasteiger partial charge in [0.25, 0.3) is 5.56 Å². The van der Waals surface area contributed by atoms with Crippen molar-refractivity contribution in [1.82, 2.24) is 9.38 Å². The van der Waals surface area contributed by atoms with Crippen LogP contribution < -0.4 is 15.0 Å². The Morgan fingerprint density at radius 3 is 2.71 bits per heavy atom. The summed E-state index contributed by atoms with van der Waals surface area (Å²) in [6.07, 6.45) is 2.94. The Morgan fingerprint density at radius 1 is 1.14 bits per heavy atom. The zero-order valence-corrected chi connectivity index (χ0v) is 15.8. The van der Waals surface area contributed by atoms with Gasteiger partial charge in [-0.25, -0.2) is 9.78 Å². The van der Waals surface area contributed by atoms with E-state index in [2.05, 4.69) is 9.72 Å². The van der Waals surface area contributed by atoms with Crippen molar-refractivity contribution in [3.8, 4) is 11.5 Å². The molecule has 2 heterocycles. The number of pyridine rings is 1. The van der Waals surface area contributed by atoms with E-state index >= 15 is 0 Å². The van der Waals surface area contributed by atoms with Crippen molar-refractivity contribution in [2.45, 2.75) is 13.5 Å². The van der Waals surface area contributed by atoms with Crippen LogP contribution in [0, 0.1) is 6.92 Å². The Bertz CT molecular complexity index is 1100. The third-order valence-electron chi connectivity index (χ3n) is 4.11. The van der Waals surface area contributed by atoms with Crippen molar-refractivity contribution < 1.29 is 19.0 Å². The molecule has 0 unspecified atom stereocenters. The number of carbonyl (C=O) groups excluding carboxylic acids is 1. The Hall–Kier alpha value is -3.61. The molecular weight excluding hydrogens is 360 g/mol. The van der Waals surface area contributed by atoms with E-state index in [-0.39, 0.29) is 12.2 Å². The van der Waals surface area contributed by atoms with Gasteiger partial charge in [0, 0.05) is 17.8 Å². The number of nitrogens with zero attached hydrogens (tertiary/aromatic N) is 2. The first-order valence-electron chi connectivity index (χ1n) is 8.57. The van der Waals surface area contributed by atoms with Crippen LogP contribution >= 0.6 is 0 Å². The van der Waals surface area contributed by atoms with Gasteiger partial charge in [-0.2, -0.15) is 0 Å². The lowest BCUT2D eigenvalue weighted by Crippen LogP contribution is -2.18. The van der Waals surface area contributed by atoms with Crippen LogP contribution in [0.1, 0.15) is 17.0 Å². The van der Waals surface area contributed by atoms with Gasteiger partial charge in [0.15, 0.2) is 11.5 Å². The summed E-state index contributed by atoms with van der Waals surface area (Å²) in [7, 11) is 2.84. The number of carbonyl (C=O) groups is 1. The van der Waals surface area contributed by atoms with Crippen molar-refractivity contribution in [3.05, 3.63) is 75.8 Å². The molecule has 7 nitrogen and oxygen atoms in total. The average molecular weight is 380 g/mol. The molecule has 0 aliphatic carbocycles. The van der Waals surface area contributed by atoms with Gasteiger partial charge in [0.2, 0.25) is 0 Å². The molecule has 0 N–H and O–H groups in total. The standard InChI is InChI=1S/C21H20N2O5/c1-14-5-4-6-19-22-16(12-20(24)23(14)19)13-28-17-9-7-15(11-18(17)26-2)8-10-21(25)27-3/h4-12H,13H2,1-3H3/b10-8+. The number of hydrogen-bond acceptors (Lipinski definition) is 6. The molecule has 0 aliphatic heterocycles. The van der Waals surface area contributed by atoms with Gasteiger partial charge < -0.3 is 14.2 Å². The van der Waals surface area contributed by atoms with Crippen LogP contribution in [-0.4, -0.2) is 29.6 Å². The fourth-order valence-corrected chi connectivity index (χ4v) is 2.73. The van der Waals surface area contributed by atoms with Crippen molar-refractivity contribution in [2.24, 2.45) is 0 Å². The highest BCUT2D eigenvalue weighted by atomic mass is 16.5. The first-order chi connectivity index (χ1) is 13.5. The van der Waals surface area contributed by atoms with Crippen molar-refractivity contribution in [1.29, 1.82) is 0 Å². The summed E-state index contributed by atoms with van der Waals surface area (Å²) in [5.41, 5.74) is 2.51. The molecule has 3 rings (SSSR count). The summed E-state index contributed by atoms with van der Waals surface area (Å²) in [6.45, 7) is 1.97. The third-order valence-corrected chi connectivity index (χ3v) is 4.11. The smallest absolute Gasteiger partial charge is 0.330 e. The van der Waals surface area contributed by atoms with Crippen LogP contribution in [0.3, 0.4) is 0 Å². The molecule has 0 radical (unpaired) electrons. The van der Waals surface area contributed by atoms with E-state index in [9.17, 15) is 9.59 Å². The summed E-state index contributed by atoms with van der Waals surface area (Å²) < 4.78 is 17.3. The van der Waals surface area contributed by atoms with Gasteiger partial charge >= 0.3 is 5.97 Å². The van der Waals surface area contributed by atoms with Crippen molar-refractivity contribution in [2.75, 3.05) is 14.2 Å². The molecule has 0 atom stereocenters. The van der Waals surface area contributed by atoms with Crippen LogP contribution in [0.5, 0.6) is 11.5 Å². The normalized spacial score (nSPS) is 11.0. The van der Waals surface area contributed by atoms with Crippen LogP contribution in [0.2, 0.25) is 0 Å². The zero-order chi connectivity index (χ0) is 20.1. The molecule has 28 heavy (non-hydrogen) atoms. The maximum absolute atomic E-state index is 12.3. The monoisotopic (exact) mass is 380 g/mol. The predicted octanol–water partition coefficient (Wildman–Crippen LogP) is 2.78. The van der Waals surface area contributed by atoms with E-state index in [0.717, 1.165) is 11.3 Å². The highest BCUT2D eigenvalue weighted by Gasteiger charge is 2.08. The molecule has 0 aliphatic rings. The Labute approximate surface area is 161 Å². The summed E-state index contributed by atoms with van der Waals surface area (Å²) >= 11 is 0. The summed E-state index contributed by atoms with van der Waals surface area (Å²) in [4.78, 5) is 28.0. The number of ether oxygens (including phenoxy) is 3. The lowest BCUT2D eigenvalue weighted by molar-refractivity contribution is -0.134. The number of esters is 1. The molecule has 144 valence electrons. The van der Waals surface area contributed by atoms with E-state index in [4.69, 9.17) is 9.47 Å². The first-order valence-corrected chi connectivity index (χ1v) is 8.57. The van der Waals surface area contributed by atoms with Crippen LogP contribution in [0.4, 0.5) is 0 Å². The molecule has 7 heteroatoms. The second-order valence-corrected chi connectivity index (χ2v) is 6.00. The molecule has 3 aromatic rings. The van der Waals surface area contributed by atoms with Gasteiger partial charge in [0.1, 0.15) is 12.3 Å². The predicted molar refractivity (Wildman–Crippen MR) is 105 cm³/mol.